The third-order valence-electron chi connectivity index (χ3n) is 6.16. The van der Waals surface area contributed by atoms with Crippen LogP contribution in [0.4, 0.5) is 26.1 Å². The number of aliphatic hydroxyl groups is 1. The summed E-state index contributed by atoms with van der Waals surface area (Å²) in [5.41, 5.74) is 3.16. The van der Waals surface area contributed by atoms with Gasteiger partial charge < -0.3 is 15.3 Å². The van der Waals surface area contributed by atoms with Crippen LogP contribution in [0.25, 0.3) is 5.69 Å². The third kappa shape index (κ3) is 4.31. The first-order valence-corrected chi connectivity index (χ1v) is 10.9. The maximum Gasteiger partial charge on any atom is 0.246 e. The minimum absolute atomic E-state index is 0.165. The molecule has 2 N–H and O–H groups in total. The van der Waals surface area contributed by atoms with E-state index in [1.807, 2.05) is 19.1 Å². The van der Waals surface area contributed by atoms with Crippen molar-refractivity contribution < 1.29 is 13.9 Å². The molecule has 2 aliphatic heterocycles. The number of hydrogen-bond donors (Lipinski definition) is 2. The van der Waals surface area contributed by atoms with Gasteiger partial charge in [0.2, 0.25) is 5.95 Å². The molecule has 0 amide bonds. The van der Waals surface area contributed by atoms with Gasteiger partial charge in [-0.25, -0.2) is 13.5 Å². The van der Waals surface area contributed by atoms with Gasteiger partial charge in [-0.05, 0) is 68.8 Å². The van der Waals surface area contributed by atoms with Gasteiger partial charge in [0.05, 0.1) is 17.8 Å². The summed E-state index contributed by atoms with van der Waals surface area (Å²) >= 11 is 0. The lowest BCUT2D eigenvalue weighted by Gasteiger charge is -2.25. The van der Waals surface area contributed by atoms with Crippen LogP contribution in [-0.4, -0.2) is 63.1 Å². The number of benzene rings is 2. The molecule has 0 spiro atoms. The minimum atomic E-state index is -0.673. The predicted molar refractivity (Wildman–Crippen MR) is 119 cm³/mol. The van der Waals surface area contributed by atoms with Crippen LogP contribution >= 0.6 is 0 Å². The van der Waals surface area contributed by atoms with E-state index in [1.54, 1.807) is 0 Å². The highest BCUT2D eigenvalue weighted by Crippen LogP contribution is 2.29. The fraction of sp³-hybridized carbons (Fsp3) is 0.391. The summed E-state index contributed by atoms with van der Waals surface area (Å²) in [7, 11) is 0. The first-order valence-electron chi connectivity index (χ1n) is 10.9. The van der Waals surface area contributed by atoms with Crippen LogP contribution in [0.2, 0.25) is 0 Å². The Bertz CT molecular complexity index is 1090. The van der Waals surface area contributed by atoms with E-state index in [-0.39, 0.29) is 17.8 Å². The smallest absolute Gasteiger partial charge is 0.246 e. The van der Waals surface area contributed by atoms with Crippen LogP contribution in [0.15, 0.2) is 42.7 Å². The largest absolute Gasteiger partial charge is 0.390 e. The number of likely N-dealkylation sites (tertiary alicyclic amines) is 1. The number of hydrogen-bond acceptors (Lipinski definition) is 6. The SMILES string of the molecule is Cc1cc(Nc2ncn(-c3cc(F)cc(F)c3)n2)cc(N2CC(O)C(N3CCCC3)C2)c1. The Kier molecular flexibility index (Phi) is 5.52. The fourth-order valence-corrected chi connectivity index (χ4v) is 4.68. The molecule has 2 unspecified atom stereocenters. The summed E-state index contributed by atoms with van der Waals surface area (Å²) in [4.78, 5) is 8.83. The topological polar surface area (TPSA) is 69.5 Å². The van der Waals surface area contributed by atoms with Gasteiger partial charge in [-0.2, -0.15) is 4.98 Å². The van der Waals surface area contributed by atoms with Gasteiger partial charge in [0.1, 0.15) is 18.0 Å². The number of β-amino-alcohol motifs (C(OH)–C–C–N with tert-alkyl or cyclic N) is 1. The van der Waals surface area contributed by atoms with E-state index in [1.165, 1.54) is 36.0 Å². The maximum absolute atomic E-state index is 13.5. The molecule has 2 fully saturated rings. The Balaban J connectivity index is 1.33. The van der Waals surface area contributed by atoms with Crippen LogP contribution in [0.3, 0.4) is 0 Å². The molecule has 1 aromatic heterocycles. The van der Waals surface area contributed by atoms with E-state index in [9.17, 15) is 13.9 Å². The minimum Gasteiger partial charge on any atom is -0.390 e. The molecule has 3 heterocycles. The lowest BCUT2D eigenvalue weighted by molar-refractivity contribution is 0.0986. The number of nitrogens with zero attached hydrogens (tertiary/aromatic N) is 5. The van der Waals surface area contributed by atoms with Crippen molar-refractivity contribution in [3.05, 3.63) is 59.9 Å². The molecule has 0 aliphatic carbocycles. The third-order valence-corrected chi connectivity index (χ3v) is 6.16. The van der Waals surface area contributed by atoms with E-state index >= 15 is 0 Å². The molecule has 2 aliphatic rings. The van der Waals surface area contributed by atoms with Crippen LogP contribution in [0.5, 0.6) is 0 Å². The molecule has 2 aromatic carbocycles. The average Bonchev–Trinajstić information content (AvgIpc) is 3.47. The second kappa shape index (κ2) is 8.48. The van der Waals surface area contributed by atoms with E-state index < -0.39 is 11.6 Å². The Labute approximate surface area is 185 Å². The number of aromatic nitrogens is 3. The highest BCUT2D eigenvalue weighted by molar-refractivity contribution is 5.64. The van der Waals surface area contributed by atoms with Crippen molar-refractivity contribution >= 4 is 17.3 Å². The molecule has 9 heteroatoms. The monoisotopic (exact) mass is 440 g/mol. The first-order chi connectivity index (χ1) is 15.4. The number of halogens is 2. The summed E-state index contributed by atoms with van der Waals surface area (Å²) in [6, 6.07) is 9.47. The van der Waals surface area contributed by atoms with E-state index in [0.717, 1.165) is 42.6 Å². The van der Waals surface area contributed by atoms with Gasteiger partial charge in [-0.3, -0.25) is 4.90 Å². The van der Waals surface area contributed by atoms with Crippen molar-refractivity contribution in [2.75, 3.05) is 36.4 Å². The van der Waals surface area contributed by atoms with Crippen LogP contribution in [-0.2, 0) is 0 Å². The zero-order chi connectivity index (χ0) is 22.2. The number of aliphatic hydroxyl groups excluding tert-OH is 1. The number of aryl methyl sites for hydroxylation is 1. The van der Waals surface area contributed by atoms with Crippen molar-refractivity contribution in [1.82, 2.24) is 19.7 Å². The van der Waals surface area contributed by atoms with Gasteiger partial charge in [0, 0.05) is 30.5 Å². The van der Waals surface area contributed by atoms with Crippen molar-refractivity contribution in [2.24, 2.45) is 0 Å². The summed E-state index contributed by atoms with van der Waals surface area (Å²) in [5, 5.41) is 18.1. The van der Waals surface area contributed by atoms with Crippen LogP contribution in [0, 0.1) is 18.6 Å². The van der Waals surface area contributed by atoms with Crippen molar-refractivity contribution in [1.29, 1.82) is 0 Å². The van der Waals surface area contributed by atoms with Crippen molar-refractivity contribution in [2.45, 2.75) is 31.9 Å². The lowest BCUT2D eigenvalue weighted by atomic mass is 10.2. The quantitative estimate of drug-likeness (QED) is 0.635. The van der Waals surface area contributed by atoms with Gasteiger partial charge >= 0.3 is 0 Å². The molecule has 3 aromatic rings. The van der Waals surface area contributed by atoms with E-state index in [2.05, 4.69) is 31.3 Å². The Morgan fingerprint density at radius 2 is 1.72 bits per heavy atom. The second-order valence-corrected chi connectivity index (χ2v) is 8.61. The van der Waals surface area contributed by atoms with Gasteiger partial charge in [-0.15, -0.1) is 5.10 Å². The molecule has 2 atom stereocenters. The molecule has 7 nitrogen and oxygen atoms in total. The highest BCUT2D eigenvalue weighted by Gasteiger charge is 2.36. The first kappa shape index (κ1) is 20.8. The fourth-order valence-electron chi connectivity index (χ4n) is 4.68. The molecule has 168 valence electrons. The van der Waals surface area contributed by atoms with E-state index in [4.69, 9.17) is 0 Å². The predicted octanol–water partition coefficient (Wildman–Crippen LogP) is 3.24. The Hall–Kier alpha value is -3.04. The molecule has 0 bridgehead atoms. The molecular weight excluding hydrogens is 414 g/mol. The normalized spacial score (nSPS) is 21.4. The molecule has 0 saturated carbocycles. The van der Waals surface area contributed by atoms with E-state index in [0.29, 0.717) is 12.5 Å². The number of nitrogens with one attached hydrogen (secondary N) is 1. The van der Waals surface area contributed by atoms with Gasteiger partial charge in [-0.1, -0.05) is 0 Å². The average molecular weight is 440 g/mol. The summed E-state index contributed by atoms with van der Waals surface area (Å²) in [6.45, 7) is 5.52. The summed E-state index contributed by atoms with van der Waals surface area (Å²) in [6.07, 6.45) is 3.44. The Morgan fingerprint density at radius 1 is 0.969 bits per heavy atom. The number of anilines is 3. The molecular formula is C23H26F2N6O. The van der Waals surface area contributed by atoms with Crippen molar-refractivity contribution in [3.8, 4) is 5.69 Å². The zero-order valence-corrected chi connectivity index (χ0v) is 17.9. The number of rotatable bonds is 5. The molecule has 2 saturated heterocycles. The van der Waals surface area contributed by atoms with Gasteiger partial charge in [0.15, 0.2) is 0 Å². The van der Waals surface area contributed by atoms with Gasteiger partial charge in [0.25, 0.3) is 0 Å². The van der Waals surface area contributed by atoms with Crippen LogP contribution < -0.4 is 10.2 Å². The zero-order valence-electron chi connectivity index (χ0n) is 17.9. The standard InChI is InChI=1S/C23H26F2N6O/c1-15-6-18(27-23-26-14-31(28-23)20-9-16(24)8-17(25)10-20)11-19(7-15)30-12-21(22(32)13-30)29-4-2-3-5-29/h6-11,14,21-22,32H,2-5,12-13H2,1H3,(H,27,28). The Morgan fingerprint density at radius 3 is 2.47 bits per heavy atom. The van der Waals surface area contributed by atoms with Crippen LogP contribution in [0.1, 0.15) is 18.4 Å². The maximum atomic E-state index is 13.5. The molecule has 5 rings (SSSR count). The van der Waals surface area contributed by atoms with Crippen molar-refractivity contribution in [3.63, 3.8) is 0 Å². The summed E-state index contributed by atoms with van der Waals surface area (Å²) < 4.78 is 28.4. The highest BCUT2D eigenvalue weighted by atomic mass is 19.1. The molecule has 32 heavy (non-hydrogen) atoms. The lowest BCUT2D eigenvalue weighted by Crippen LogP contribution is -2.41. The second-order valence-electron chi connectivity index (χ2n) is 8.61. The summed E-state index contributed by atoms with van der Waals surface area (Å²) in [5.74, 6) is -1.02. The molecule has 0 radical (unpaired) electrons.